The van der Waals surface area contributed by atoms with Crippen molar-refractivity contribution in [2.45, 2.75) is 25.5 Å². The van der Waals surface area contributed by atoms with Crippen molar-refractivity contribution in [2.24, 2.45) is 5.10 Å². The Morgan fingerprint density at radius 3 is 2.52 bits per heavy atom. The molecule has 174 valence electrons. The summed E-state index contributed by atoms with van der Waals surface area (Å²) in [6, 6.07) is 10.7. The molecule has 33 heavy (non-hydrogen) atoms. The maximum Gasteiger partial charge on any atom is 0.250 e. The van der Waals surface area contributed by atoms with E-state index >= 15 is 0 Å². The van der Waals surface area contributed by atoms with E-state index in [0.29, 0.717) is 44.8 Å². The summed E-state index contributed by atoms with van der Waals surface area (Å²) in [6.45, 7) is 4.40. The Bertz CT molecular complexity index is 1180. The molecular formula is C22H23Cl2N5O3S. The van der Waals surface area contributed by atoms with E-state index in [2.05, 4.69) is 20.7 Å². The first-order valence-corrected chi connectivity index (χ1v) is 11.7. The number of nitrogens with one attached hydrogen (secondary N) is 1. The van der Waals surface area contributed by atoms with Crippen molar-refractivity contribution in [3.63, 3.8) is 0 Å². The molecule has 0 unspecified atom stereocenters. The highest BCUT2D eigenvalue weighted by atomic mass is 35.5. The van der Waals surface area contributed by atoms with E-state index < -0.39 is 0 Å². The van der Waals surface area contributed by atoms with Gasteiger partial charge in [0.15, 0.2) is 22.5 Å². The van der Waals surface area contributed by atoms with E-state index in [1.54, 1.807) is 39.3 Å². The molecule has 1 heterocycles. The molecular weight excluding hydrogens is 485 g/mol. The molecule has 11 heteroatoms. The van der Waals surface area contributed by atoms with Gasteiger partial charge in [0.05, 0.1) is 35.7 Å². The van der Waals surface area contributed by atoms with Crippen molar-refractivity contribution >= 4 is 46.6 Å². The number of aromatic nitrogens is 3. The van der Waals surface area contributed by atoms with Gasteiger partial charge in [-0.2, -0.15) is 5.10 Å². The van der Waals surface area contributed by atoms with Crippen LogP contribution in [-0.2, 0) is 11.3 Å². The van der Waals surface area contributed by atoms with Crippen LogP contribution in [0.1, 0.15) is 19.4 Å². The van der Waals surface area contributed by atoms with E-state index in [1.165, 1.54) is 11.8 Å². The van der Waals surface area contributed by atoms with Crippen molar-refractivity contribution in [1.82, 2.24) is 20.2 Å². The lowest BCUT2D eigenvalue weighted by Crippen LogP contribution is -2.21. The van der Waals surface area contributed by atoms with Gasteiger partial charge in [-0.25, -0.2) is 5.43 Å². The van der Waals surface area contributed by atoms with Crippen LogP contribution in [0.25, 0.3) is 11.4 Å². The second-order valence-electron chi connectivity index (χ2n) is 6.77. The van der Waals surface area contributed by atoms with E-state index in [4.69, 9.17) is 32.7 Å². The second kappa shape index (κ2) is 11.4. The van der Waals surface area contributed by atoms with Gasteiger partial charge in [0, 0.05) is 12.1 Å². The molecule has 8 nitrogen and oxygen atoms in total. The molecule has 0 aliphatic carbocycles. The summed E-state index contributed by atoms with van der Waals surface area (Å²) in [5.41, 5.74) is 4.76. The number of carbonyl (C=O) groups is 1. The normalized spacial score (nSPS) is 11.4. The zero-order valence-electron chi connectivity index (χ0n) is 18.6. The predicted octanol–water partition coefficient (Wildman–Crippen LogP) is 4.92. The summed E-state index contributed by atoms with van der Waals surface area (Å²) in [6.07, 6.45) is 0. The highest BCUT2D eigenvalue weighted by molar-refractivity contribution is 7.99. The number of nitrogens with zero attached hydrogens (tertiary/aromatic N) is 4. The lowest BCUT2D eigenvalue weighted by Gasteiger charge is -2.10. The third kappa shape index (κ3) is 5.98. The number of hydrogen-bond acceptors (Lipinski definition) is 7. The van der Waals surface area contributed by atoms with Crippen LogP contribution in [0.4, 0.5) is 0 Å². The number of amides is 1. The monoisotopic (exact) mass is 507 g/mol. The van der Waals surface area contributed by atoms with Crippen LogP contribution >= 0.6 is 35.0 Å². The number of methoxy groups -OCH3 is 2. The summed E-state index contributed by atoms with van der Waals surface area (Å²) in [7, 11) is 3.17. The number of thioether (sulfide) groups is 1. The molecule has 0 radical (unpaired) electrons. The standard InChI is InChI=1S/C22H23Cl2N5O3S/c1-5-29-21(15-7-9-18(31-3)19(11-15)32-4)27-28-22(29)33-12-20(30)26-25-13(2)14-6-8-16(23)17(24)10-14/h6-11H,5,12H2,1-4H3,(H,26,30). The first-order chi connectivity index (χ1) is 15.9. The molecule has 2 aromatic carbocycles. The predicted molar refractivity (Wildman–Crippen MR) is 132 cm³/mol. The molecule has 0 aliphatic heterocycles. The molecule has 1 aromatic heterocycles. The second-order valence-corrected chi connectivity index (χ2v) is 8.53. The lowest BCUT2D eigenvalue weighted by molar-refractivity contribution is -0.118. The van der Waals surface area contributed by atoms with Crippen LogP contribution in [0.15, 0.2) is 46.7 Å². The zero-order valence-corrected chi connectivity index (χ0v) is 20.9. The molecule has 0 saturated carbocycles. The summed E-state index contributed by atoms with van der Waals surface area (Å²) >= 11 is 13.3. The minimum atomic E-state index is -0.266. The van der Waals surface area contributed by atoms with Crippen LogP contribution < -0.4 is 14.9 Å². The van der Waals surface area contributed by atoms with Crippen LogP contribution in [-0.4, -0.2) is 46.4 Å². The van der Waals surface area contributed by atoms with Gasteiger partial charge in [0.25, 0.3) is 5.91 Å². The third-order valence-corrected chi connectivity index (χ3v) is 6.40. The molecule has 0 fully saturated rings. The van der Waals surface area contributed by atoms with Gasteiger partial charge in [-0.1, -0.05) is 41.0 Å². The smallest absolute Gasteiger partial charge is 0.250 e. The maximum atomic E-state index is 12.3. The lowest BCUT2D eigenvalue weighted by atomic mass is 10.1. The van der Waals surface area contributed by atoms with Gasteiger partial charge in [-0.05, 0) is 49.7 Å². The fourth-order valence-electron chi connectivity index (χ4n) is 2.96. The average molecular weight is 508 g/mol. The van der Waals surface area contributed by atoms with Crippen molar-refractivity contribution in [3.05, 3.63) is 52.0 Å². The molecule has 0 atom stereocenters. The van der Waals surface area contributed by atoms with Crippen molar-refractivity contribution in [1.29, 1.82) is 0 Å². The Labute approximate surface area is 206 Å². The highest BCUT2D eigenvalue weighted by Crippen LogP contribution is 2.32. The number of benzene rings is 2. The van der Waals surface area contributed by atoms with E-state index in [0.717, 1.165) is 11.1 Å². The minimum Gasteiger partial charge on any atom is -0.493 e. The first kappa shape index (κ1) is 24.9. The van der Waals surface area contributed by atoms with Gasteiger partial charge in [0.2, 0.25) is 0 Å². The van der Waals surface area contributed by atoms with E-state index in [-0.39, 0.29) is 11.7 Å². The molecule has 0 bridgehead atoms. The number of hydrazone groups is 1. The number of hydrogen-bond donors (Lipinski definition) is 1. The first-order valence-electron chi connectivity index (χ1n) is 9.94. The fraction of sp³-hybridized carbons (Fsp3) is 0.273. The van der Waals surface area contributed by atoms with Crippen LogP contribution in [0.2, 0.25) is 10.0 Å². The molecule has 0 spiro atoms. The zero-order chi connectivity index (χ0) is 24.0. The quantitative estimate of drug-likeness (QED) is 0.251. The summed E-state index contributed by atoms with van der Waals surface area (Å²) < 4.78 is 12.6. The number of carbonyl (C=O) groups excluding carboxylic acids is 1. The van der Waals surface area contributed by atoms with Gasteiger partial charge in [0.1, 0.15) is 0 Å². The molecule has 1 amide bonds. The molecule has 3 rings (SSSR count). The van der Waals surface area contributed by atoms with Crippen LogP contribution in [0.5, 0.6) is 11.5 Å². The van der Waals surface area contributed by atoms with Gasteiger partial charge in [-0.3, -0.25) is 4.79 Å². The van der Waals surface area contributed by atoms with Crippen molar-refractivity contribution < 1.29 is 14.3 Å². The summed E-state index contributed by atoms with van der Waals surface area (Å²) in [5, 5.41) is 14.2. The Morgan fingerprint density at radius 2 is 1.85 bits per heavy atom. The van der Waals surface area contributed by atoms with Crippen molar-refractivity contribution in [2.75, 3.05) is 20.0 Å². The SMILES string of the molecule is CCn1c(SCC(=O)NN=C(C)c2ccc(Cl)c(Cl)c2)nnc1-c1ccc(OC)c(OC)c1. The highest BCUT2D eigenvalue weighted by Gasteiger charge is 2.16. The largest absolute Gasteiger partial charge is 0.493 e. The summed E-state index contributed by atoms with van der Waals surface area (Å²) in [5.74, 6) is 1.77. The van der Waals surface area contributed by atoms with E-state index in [9.17, 15) is 4.79 Å². The van der Waals surface area contributed by atoms with Gasteiger partial charge >= 0.3 is 0 Å². The third-order valence-electron chi connectivity index (χ3n) is 4.69. The minimum absolute atomic E-state index is 0.127. The Kier molecular flexibility index (Phi) is 8.60. The molecule has 0 aliphatic rings. The van der Waals surface area contributed by atoms with Crippen LogP contribution in [0, 0.1) is 0 Å². The summed E-state index contributed by atoms with van der Waals surface area (Å²) in [4.78, 5) is 12.3. The van der Waals surface area contributed by atoms with Crippen LogP contribution in [0.3, 0.4) is 0 Å². The maximum absolute atomic E-state index is 12.3. The Balaban J connectivity index is 1.67. The van der Waals surface area contributed by atoms with Gasteiger partial charge in [-0.15, -0.1) is 10.2 Å². The fourth-order valence-corrected chi connectivity index (χ4v) is 4.06. The van der Waals surface area contributed by atoms with E-state index in [1.807, 2.05) is 29.7 Å². The Hall–Kier alpha value is -2.75. The van der Waals surface area contributed by atoms with Crippen molar-refractivity contribution in [3.8, 4) is 22.9 Å². The van der Waals surface area contributed by atoms with Gasteiger partial charge < -0.3 is 14.0 Å². The molecule has 0 saturated heterocycles. The molecule has 1 N–H and O–H groups in total. The number of ether oxygens (including phenoxy) is 2. The number of rotatable bonds is 9. The average Bonchev–Trinajstić information content (AvgIpc) is 3.25. The number of halogens is 2. The molecule has 3 aromatic rings. The Morgan fingerprint density at radius 1 is 1.09 bits per heavy atom. The topological polar surface area (TPSA) is 90.6 Å².